The van der Waals surface area contributed by atoms with Gasteiger partial charge < -0.3 is 10.6 Å². The number of hydrogen-bond donors (Lipinski definition) is 2. The summed E-state index contributed by atoms with van der Waals surface area (Å²) in [5.41, 5.74) is 0.735. The van der Waals surface area contributed by atoms with Gasteiger partial charge in [-0.05, 0) is 45.6 Å². The second-order valence-corrected chi connectivity index (χ2v) is 6.48. The molecule has 0 saturated heterocycles. The number of nitrogens with one attached hydrogen (secondary N) is 2. The van der Waals surface area contributed by atoms with Crippen molar-refractivity contribution < 1.29 is 9.72 Å². The minimum Gasteiger partial charge on any atom is -0.367 e. The Hall–Kier alpha value is -2.18. The second-order valence-electron chi connectivity index (χ2n) is 6.48. The lowest BCUT2D eigenvalue weighted by atomic mass is 9.85. The Bertz CT molecular complexity index is 589. The number of nitrogens with zero attached hydrogens (tertiary/aromatic N) is 2. The molecule has 2 rings (SSSR count). The molecule has 0 radical (unpaired) electrons. The fourth-order valence-electron chi connectivity index (χ4n) is 2.97. The van der Waals surface area contributed by atoms with Gasteiger partial charge in [0.15, 0.2) is 0 Å². The topological polar surface area (TPSA) is 97.2 Å². The van der Waals surface area contributed by atoms with E-state index < -0.39 is 4.92 Å². The maximum Gasteiger partial charge on any atom is 0.287 e. The highest BCUT2D eigenvalue weighted by atomic mass is 16.6. The normalized spacial score (nSPS) is 21.0. The van der Waals surface area contributed by atoms with Crippen LogP contribution < -0.4 is 10.6 Å². The van der Waals surface area contributed by atoms with Crippen LogP contribution in [0, 0.1) is 23.0 Å². The third kappa shape index (κ3) is 4.64. The van der Waals surface area contributed by atoms with Gasteiger partial charge in [0.25, 0.3) is 5.69 Å². The molecule has 2 atom stereocenters. The van der Waals surface area contributed by atoms with Crippen molar-refractivity contribution in [3.05, 3.63) is 27.9 Å². The summed E-state index contributed by atoms with van der Waals surface area (Å²) in [6, 6.07) is 1.83. The van der Waals surface area contributed by atoms with Gasteiger partial charge in [0.2, 0.25) is 5.91 Å². The lowest BCUT2D eigenvalue weighted by Gasteiger charge is -2.30. The zero-order valence-corrected chi connectivity index (χ0v) is 13.8. The zero-order chi connectivity index (χ0) is 17.0. The van der Waals surface area contributed by atoms with Crippen LogP contribution >= 0.6 is 0 Å². The molecule has 1 aromatic rings. The van der Waals surface area contributed by atoms with Crippen molar-refractivity contribution in [1.82, 2.24) is 10.3 Å². The van der Waals surface area contributed by atoms with E-state index in [1.807, 2.05) is 13.8 Å². The third-order valence-electron chi connectivity index (χ3n) is 4.09. The zero-order valence-electron chi connectivity index (χ0n) is 13.8. The number of anilines is 1. The maximum atomic E-state index is 12.2. The Kier molecular flexibility index (Phi) is 5.52. The fourth-order valence-corrected chi connectivity index (χ4v) is 2.97. The standard InChI is InChI=1S/C16H24N4O3/c1-10(2)18-16(21)12-5-4-6-13(8-12)19-15-11(3)7-14(9-17-15)20(22)23/h7,9-10,12-13H,4-6,8H2,1-3H3,(H,17,19)(H,18,21)/t12-,13-/m0/s1. The summed E-state index contributed by atoms with van der Waals surface area (Å²) in [5, 5.41) is 17.1. The van der Waals surface area contributed by atoms with Crippen molar-refractivity contribution in [3.8, 4) is 0 Å². The van der Waals surface area contributed by atoms with E-state index in [-0.39, 0.29) is 29.6 Å². The van der Waals surface area contributed by atoms with E-state index in [0.717, 1.165) is 31.2 Å². The first-order valence-electron chi connectivity index (χ1n) is 8.04. The predicted molar refractivity (Wildman–Crippen MR) is 88.3 cm³/mol. The molecule has 1 aromatic heterocycles. The smallest absolute Gasteiger partial charge is 0.287 e. The number of rotatable bonds is 5. The van der Waals surface area contributed by atoms with Gasteiger partial charge in [0, 0.05) is 24.1 Å². The van der Waals surface area contributed by atoms with Gasteiger partial charge in [-0.25, -0.2) is 4.98 Å². The first-order chi connectivity index (χ1) is 10.9. The number of aryl methyl sites for hydroxylation is 1. The van der Waals surface area contributed by atoms with Crippen LogP contribution in [0.2, 0.25) is 0 Å². The monoisotopic (exact) mass is 320 g/mol. The third-order valence-corrected chi connectivity index (χ3v) is 4.09. The number of amides is 1. The van der Waals surface area contributed by atoms with Crippen molar-refractivity contribution in [2.45, 2.75) is 58.5 Å². The average Bonchev–Trinajstić information content (AvgIpc) is 2.48. The average molecular weight is 320 g/mol. The summed E-state index contributed by atoms with van der Waals surface area (Å²) in [6.07, 6.45) is 4.89. The van der Waals surface area contributed by atoms with Crippen LogP contribution in [-0.2, 0) is 4.79 Å². The molecule has 126 valence electrons. The second kappa shape index (κ2) is 7.39. The molecular weight excluding hydrogens is 296 g/mol. The van der Waals surface area contributed by atoms with Crippen molar-refractivity contribution in [1.29, 1.82) is 0 Å². The van der Waals surface area contributed by atoms with Crippen LogP contribution in [0.5, 0.6) is 0 Å². The van der Waals surface area contributed by atoms with E-state index in [4.69, 9.17) is 0 Å². The lowest BCUT2D eigenvalue weighted by molar-refractivity contribution is -0.385. The van der Waals surface area contributed by atoms with E-state index in [9.17, 15) is 14.9 Å². The molecule has 1 amide bonds. The molecule has 23 heavy (non-hydrogen) atoms. The highest BCUT2D eigenvalue weighted by Gasteiger charge is 2.28. The predicted octanol–water partition coefficient (Wildman–Crippen LogP) is 2.79. The van der Waals surface area contributed by atoms with Crippen molar-refractivity contribution >= 4 is 17.4 Å². The van der Waals surface area contributed by atoms with Gasteiger partial charge in [0.05, 0.1) is 4.92 Å². The van der Waals surface area contributed by atoms with Gasteiger partial charge in [-0.15, -0.1) is 0 Å². The van der Waals surface area contributed by atoms with E-state index in [1.54, 1.807) is 6.92 Å². The molecule has 0 aromatic carbocycles. The molecule has 1 aliphatic carbocycles. The van der Waals surface area contributed by atoms with Gasteiger partial charge in [-0.3, -0.25) is 14.9 Å². The molecule has 0 bridgehead atoms. The first-order valence-corrected chi connectivity index (χ1v) is 8.04. The van der Waals surface area contributed by atoms with Crippen LogP contribution in [0.25, 0.3) is 0 Å². The first kappa shape index (κ1) is 17.2. The molecule has 1 aliphatic rings. The fraction of sp³-hybridized carbons (Fsp3) is 0.625. The highest BCUT2D eigenvalue weighted by molar-refractivity contribution is 5.79. The van der Waals surface area contributed by atoms with Crippen molar-refractivity contribution in [3.63, 3.8) is 0 Å². The molecule has 1 saturated carbocycles. The van der Waals surface area contributed by atoms with Gasteiger partial charge in [0.1, 0.15) is 12.0 Å². The Balaban J connectivity index is 2.00. The van der Waals surface area contributed by atoms with E-state index in [2.05, 4.69) is 15.6 Å². The molecule has 0 spiro atoms. The molecule has 1 fully saturated rings. The van der Waals surface area contributed by atoms with Crippen LogP contribution in [0.4, 0.5) is 11.5 Å². The number of aromatic nitrogens is 1. The summed E-state index contributed by atoms with van der Waals surface area (Å²) >= 11 is 0. The SMILES string of the molecule is Cc1cc([N+](=O)[O-])cnc1N[C@H]1CCC[C@H](C(=O)NC(C)C)C1. The molecule has 7 nitrogen and oxygen atoms in total. The summed E-state index contributed by atoms with van der Waals surface area (Å²) in [7, 11) is 0. The Labute approximate surface area is 136 Å². The number of hydrogen-bond acceptors (Lipinski definition) is 5. The van der Waals surface area contributed by atoms with Crippen LogP contribution in [0.3, 0.4) is 0 Å². The van der Waals surface area contributed by atoms with Crippen LogP contribution in [0.15, 0.2) is 12.3 Å². The minimum absolute atomic E-state index is 0.00844. The summed E-state index contributed by atoms with van der Waals surface area (Å²) in [4.78, 5) is 26.6. The van der Waals surface area contributed by atoms with Crippen LogP contribution in [-0.4, -0.2) is 27.9 Å². The summed E-state index contributed by atoms with van der Waals surface area (Å²) < 4.78 is 0. The van der Waals surface area contributed by atoms with Gasteiger partial charge in [-0.2, -0.15) is 0 Å². The molecule has 0 aliphatic heterocycles. The number of carbonyl (C=O) groups excluding carboxylic acids is 1. The Morgan fingerprint density at radius 3 is 2.78 bits per heavy atom. The number of nitro groups is 1. The van der Waals surface area contributed by atoms with Gasteiger partial charge in [-0.1, -0.05) is 6.42 Å². The summed E-state index contributed by atoms with van der Waals surface area (Å²) in [6.45, 7) is 5.72. The van der Waals surface area contributed by atoms with Crippen molar-refractivity contribution in [2.24, 2.45) is 5.92 Å². The van der Waals surface area contributed by atoms with Crippen molar-refractivity contribution in [2.75, 3.05) is 5.32 Å². The molecule has 1 heterocycles. The molecular formula is C16H24N4O3. The van der Waals surface area contributed by atoms with E-state index in [0.29, 0.717) is 5.82 Å². The van der Waals surface area contributed by atoms with E-state index >= 15 is 0 Å². The molecule has 0 unspecified atom stereocenters. The Morgan fingerprint density at radius 2 is 2.17 bits per heavy atom. The summed E-state index contributed by atoms with van der Waals surface area (Å²) in [5.74, 6) is 0.785. The largest absolute Gasteiger partial charge is 0.367 e. The maximum absolute atomic E-state index is 12.2. The number of carbonyl (C=O) groups is 1. The number of pyridine rings is 1. The van der Waals surface area contributed by atoms with Crippen LogP contribution in [0.1, 0.15) is 45.1 Å². The van der Waals surface area contributed by atoms with E-state index in [1.165, 1.54) is 12.3 Å². The van der Waals surface area contributed by atoms with Gasteiger partial charge >= 0.3 is 0 Å². The Morgan fingerprint density at radius 1 is 1.43 bits per heavy atom. The highest BCUT2D eigenvalue weighted by Crippen LogP contribution is 2.28. The minimum atomic E-state index is -0.448. The quantitative estimate of drug-likeness (QED) is 0.642. The molecule has 7 heteroatoms. The lowest BCUT2D eigenvalue weighted by Crippen LogP contribution is -2.40. The molecule has 2 N–H and O–H groups in total.